The molecule has 1 aliphatic heterocycles. The third kappa shape index (κ3) is 2.63. The summed E-state index contributed by atoms with van der Waals surface area (Å²) >= 11 is 0. The Balaban J connectivity index is 2.32. The fourth-order valence-corrected chi connectivity index (χ4v) is 1.90. The van der Waals surface area contributed by atoms with Crippen LogP contribution in [-0.2, 0) is 6.18 Å². The lowest BCUT2D eigenvalue weighted by atomic mass is 10.1. The molecule has 1 saturated heterocycles. The molecule has 0 aliphatic carbocycles. The Morgan fingerprint density at radius 3 is 2.61 bits per heavy atom. The molecule has 100 valence electrons. The molecule has 8 heteroatoms. The second-order valence-corrected chi connectivity index (χ2v) is 4.64. The lowest BCUT2D eigenvalue weighted by Gasteiger charge is -2.20. The number of anilines is 2. The SMILES string of the molecule is CC1(O)CCN(c2cc(C(F)(F)F)nc(N)n2)C1. The Labute approximate surface area is 101 Å². The Morgan fingerprint density at radius 1 is 1.44 bits per heavy atom. The smallest absolute Gasteiger partial charge is 0.388 e. The molecule has 3 N–H and O–H groups in total. The van der Waals surface area contributed by atoms with Crippen molar-refractivity contribution in [2.24, 2.45) is 0 Å². The van der Waals surface area contributed by atoms with Crippen molar-refractivity contribution in [1.82, 2.24) is 9.97 Å². The minimum Gasteiger partial charge on any atom is -0.388 e. The highest BCUT2D eigenvalue weighted by atomic mass is 19.4. The van der Waals surface area contributed by atoms with Crippen LogP contribution >= 0.6 is 0 Å². The van der Waals surface area contributed by atoms with Crippen molar-refractivity contribution in [2.45, 2.75) is 25.1 Å². The molecule has 0 radical (unpaired) electrons. The maximum atomic E-state index is 12.6. The summed E-state index contributed by atoms with van der Waals surface area (Å²) in [5.74, 6) is -0.334. The number of nitrogens with zero attached hydrogens (tertiary/aromatic N) is 3. The van der Waals surface area contributed by atoms with Crippen LogP contribution in [-0.4, -0.2) is 33.8 Å². The first-order valence-electron chi connectivity index (χ1n) is 5.36. The number of hydrogen-bond donors (Lipinski definition) is 2. The van der Waals surface area contributed by atoms with Gasteiger partial charge in [0.2, 0.25) is 5.95 Å². The lowest BCUT2D eigenvalue weighted by molar-refractivity contribution is -0.141. The van der Waals surface area contributed by atoms with Crippen LogP contribution in [0.15, 0.2) is 6.07 Å². The molecule has 0 bridgehead atoms. The van der Waals surface area contributed by atoms with Gasteiger partial charge in [-0.05, 0) is 13.3 Å². The molecular formula is C10H13F3N4O. The number of hydrogen-bond acceptors (Lipinski definition) is 5. The van der Waals surface area contributed by atoms with Crippen LogP contribution in [0.4, 0.5) is 24.9 Å². The average Bonchev–Trinajstić information content (AvgIpc) is 2.56. The lowest BCUT2D eigenvalue weighted by Crippen LogP contribution is -2.30. The van der Waals surface area contributed by atoms with E-state index in [0.717, 1.165) is 6.07 Å². The van der Waals surface area contributed by atoms with Gasteiger partial charge in [-0.15, -0.1) is 0 Å². The van der Waals surface area contributed by atoms with Crippen molar-refractivity contribution in [2.75, 3.05) is 23.7 Å². The van der Waals surface area contributed by atoms with Gasteiger partial charge in [-0.3, -0.25) is 0 Å². The Bertz CT molecular complexity index is 461. The van der Waals surface area contributed by atoms with Gasteiger partial charge in [-0.2, -0.15) is 18.2 Å². The van der Waals surface area contributed by atoms with E-state index in [0.29, 0.717) is 13.0 Å². The molecule has 0 amide bonds. The van der Waals surface area contributed by atoms with E-state index in [-0.39, 0.29) is 12.4 Å². The molecule has 2 heterocycles. The van der Waals surface area contributed by atoms with Gasteiger partial charge in [0, 0.05) is 19.2 Å². The summed E-state index contributed by atoms with van der Waals surface area (Å²) in [6.45, 7) is 2.28. The van der Waals surface area contributed by atoms with Crippen molar-refractivity contribution in [1.29, 1.82) is 0 Å². The second kappa shape index (κ2) is 3.98. The van der Waals surface area contributed by atoms with Crippen LogP contribution in [0.2, 0.25) is 0 Å². The van der Waals surface area contributed by atoms with E-state index >= 15 is 0 Å². The van der Waals surface area contributed by atoms with Crippen molar-refractivity contribution < 1.29 is 18.3 Å². The minimum absolute atomic E-state index is 0.0904. The van der Waals surface area contributed by atoms with Crippen molar-refractivity contribution in [3.8, 4) is 0 Å². The number of nitrogen functional groups attached to an aromatic ring is 1. The molecule has 0 saturated carbocycles. The molecule has 2 rings (SSSR count). The van der Waals surface area contributed by atoms with Crippen molar-refractivity contribution >= 4 is 11.8 Å². The second-order valence-electron chi connectivity index (χ2n) is 4.64. The Morgan fingerprint density at radius 2 is 2.11 bits per heavy atom. The molecular weight excluding hydrogens is 249 g/mol. The van der Waals surface area contributed by atoms with E-state index in [4.69, 9.17) is 5.73 Å². The molecule has 1 unspecified atom stereocenters. The number of halogens is 3. The van der Waals surface area contributed by atoms with E-state index in [9.17, 15) is 18.3 Å². The molecule has 1 aromatic heterocycles. The van der Waals surface area contributed by atoms with Gasteiger partial charge in [-0.1, -0.05) is 0 Å². The number of nitrogens with two attached hydrogens (primary N) is 1. The van der Waals surface area contributed by atoms with Crippen LogP contribution in [0.3, 0.4) is 0 Å². The molecule has 1 fully saturated rings. The van der Waals surface area contributed by atoms with E-state index in [1.165, 1.54) is 0 Å². The standard InChI is InChI=1S/C10H13F3N4O/c1-9(18)2-3-17(5-9)7-4-6(10(11,12)13)15-8(14)16-7/h4,18H,2-3,5H2,1H3,(H2,14,15,16). The predicted octanol–water partition coefficient (Wildman–Crippen LogP) is 1.04. The first-order valence-corrected chi connectivity index (χ1v) is 5.36. The van der Waals surface area contributed by atoms with Gasteiger partial charge >= 0.3 is 6.18 Å². The predicted molar refractivity (Wildman–Crippen MR) is 58.9 cm³/mol. The number of β-amino-alcohol motifs (C(OH)–C–C–N with tert-alkyl or cyclic N) is 1. The zero-order valence-electron chi connectivity index (χ0n) is 9.70. The van der Waals surface area contributed by atoms with E-state index in [1.54, 1.807) is 11.8 Å². The van der Waals surface area contributed by atoms with Crippen molar-refractivity contribution in [3.63, 3.8) is 0 Å². The zero-order chi connectivity index (χ0) is 13.6. The van der Waals surface area contributed by atoms with Crippen LogP contribution in [0.25, 0.3) is 0 Å². The first-order chi connectivity index (χ1) is 8.17. The molecule has 1 aromatic rings. The summed E-state index contributed by atoms with van der Waals surface area (Å²) < 4.78 is 37.7. The largest absolute Gasteiger partial charge is 0.433 e. The van der Waals surface area contributed by atoms with Gasteiger partial charge in [0.15, 0.2) is 5.69 Å². The molecule has 5 nitrogen and oxygen atoms in total. The molecule has 0 aromatic carbocycles. The van der Waals surface area contributed by atoms with Gasteiger partial charge in [0.25, 0.3) is 0 Å². The highest BCUT2D eigenvalue weighted by Gasteiger charge is 2.36. The Kier molecular flexibility index (Phi) is 2.84. The maximum Gasteiger partial charge on any atom is 0.433 e. The summed E-state index contributed by atoms with van der Waals surface area (Å²) in [4.78, 5) is 8.50. The number of aliphatic hydroxyl groups is 1. The summed E-state index contributed by atoms with van der Waals surface area (Å²) in [6, 6.07) is 0.845. The fourth-order valence-electron chi connectivity index (χ4n) is 1.90. The van der Waals surface area contributed by atoms with Crippen LogP contribution < -0.4 is 10.6 Å². The van der Waals surface area contributed by atoms with Gasteiger partial charge in [0.05, 0.1) is 5.60 Å². The highest BCUT2D eigenvalue weighted by molar-refractivity contribution is 5.45. The maximum absolute atomic E-state index is 12.6. The fraction of sp³-hybridized carbons (Fsp3) is 0.600. The summed E-state index contributed by atoms with van der Waals surface area (Å²) in [5, 5.41) is 9.79. The van der Waals surface area contributed by atoms with Gasteiger partial charge < -0.3 is 15.7 Å². The monoisotopic (exact) mass is 262 g/mol. The van der Waals surface area contributed by atoms with Gasteiger partial charge in [0.1, 0.15) is 5.82 Å². The minimum atomic E-state index is -4.56. The first kappa shape index (κ1) is 12.9. The zero-order valence-corrected chi connectivity index (χ0v) is 9.70. The summed E-state index contributed by atoms with van der Waals surface area (Å²) in [5.41, 5.74) is 3.29. The summed E-state index contributed by atoms with van der Waals surface area (Å²) in [6.07, 6.45) is -4.09. The average molecular weight is 262 g/mol. The van der Waals surface area contributed by atoms with Crippen LogP contribution in [0.5, 0.6) is 0 Å². The normalized spacial score (nSPS) is 24.6. The number of rotatable bonds is 1. The van der Waals surface area contributed by atoms with Crippen LogP contribution in [0.1, 0.15) is 19.0 Å². The number of aromatic nitrogens is 2. The Hall–Kier alpha value is -1.57. The van der Waals surface area contributed by atoms with Crippen molar-refractivity contribution in [3.05, 3.63) is 11.8 Å². The van der Waals surface area contributed by atoms with E-state index in [1.807, 2.05) is 0 Å². The topological polar surface area (TPSA) is 75.3 Å². The molecule has 1 aliphatic rings. The quantitative estimate of drug-likeness (QED) is 0.791. The van der Waals surface area contributed by atoms with Crippen LogP contribution in [0, 0.1) is 0 Å². The highest BCUT2D eigenvalue weighted by Crippen LogP contribution is 2.32. The van der Waals surface area contributed by atoms with E-state index < -0.39 is 23.4 Å². The molecule has 0 spiro atoms. The summed E-state index contributed by atoms with van der Waals surface area (Å²) in [7, 11) is 0. The van der Waals surface area contributed by atoms with Gasteiger partial charge in [-0.25, -0.2) is 4.98 Å². The molecule has 18 heavy (non-hydrogen) atoms. The third-order valence-electron chi connectivity index (χ3n) is 2.80. The molecule has 1 atom stereocenters. The van der Waals surface area contributed by atoms with E-state index in [2.05, 4.69) is 9.97 Å². The number of alkyl halides is 3. The third-order valence-corrected chi connectivity index (χ3v) is 2.80.